The minimum atomic E-state index is -0.0922. The zero-order chi connectivity index (χ0) is 19.2. The number of hydrogen-bond acceptors (Lipinski definition) is 3. The molecule has 0 aliphatic carbocycles. The molecule has 2 aromatic carbocycles. The molecule has 4 nitrogen and oxygen atoms in total. The van der Waals surface area contributed by atoms with Crippen molar-refractivity contribution in [3.8, 4) is 0 Å². The Morgan fingerprint density at radius 3 is 2.52 bits per heavy atom. The fourth-order valence-electron chi connectivity index (χ4n) is 3.46. The Morgan fingerprint density at radius 1 is 1.11 bits per heavy atom. The van der Waals surface area contributed by atoms with Crippen molar-refractivity contribution >= 4 is 17.7 Å². The monoisotopic (exact) mass is 364 g/mol. The number of morpholine rings is 1. The van der Waals surface area contributed by atoms with Crippen LogP contribution in [-0.4, -0.2) is 31.2 Å². The fourth-order valence-corrected chi connectivity index (χ4v) is 3.46. The molecule has 3 atom stereocenters. The van der Waals surface area contributed by atoms with E-state index in [1.165, 1.54) is 5.69 Å². The molecule has 1 aliphatic heterocycles. The lowest BCUT2D eigenvalue weighted by atomic mass is 10.1. The second-order valence-electron chi connectivity index (χ2n) is 7.23. The number of carbonyl (C=O) groups is 1. The van der Waals surface area contributed by atoms with E-state index in [9.17, 15) is 4.79 Å². The summed E-state index contributed by atoms with van der Waals surface area (Å²) in [4.78, 5) is 14.6. The second kappa shape index (κ2) is 8.87. The lowest BCUT2D eigenvalue weighted by Crippen LogP contribution is -2.45. The normalized spacial score (nSPS) is 21.2. The molecule has 1 saturated heterocycles. The van der Waals surface area contributed by atoms with Crippen LogP contribution in [0.1, 0.15) is 37.9 Å². The highest BCUT2D eigenvalue weighted by atomic mass is 16.5. The zero-order valence-electron chi connectivity index (χ0n) is 16.3. The zero-order valence-corrected chi connectivity index (χ0v) is 16.3. The van der Waals surface area contributed by atoms with Gasteiger partial charge in [0.2, 0.25) is 5.91 Å². The Labute approximate surface area is 161 Å². The van der Waals surface area contributed by atoms with E-state index >= 15 is 0 Å². The number of amides is 1. The van der Waals surface area contributed by atoms with Crippen molar-refractivity contribution in [2.45, 2.75) is 39.0 Å². The van der Waals surface area contributed by atoms with Crippen LogP contribution in [0.25, 0.3) is 6.08 Å². The summed E-state index contributed by atoms with van der Waals surface area (Å²) in [6.45, 7) is 7.99. The molecule has 1 aliphatic rings. The highest BCUT2D eigenvalue weighted by Gasteiger charge is 2.22. The van der Waals surface area contributed by atoms with Gasteiger partial charge in [0.15, 0.2) is 0 Å². The maximum atomic E-state index is 12.2. The molecular weight excluding hydrogens is 336 g/mol. The molecule has 1 heterocycles. The molecule has 3 unspecified atom stereocenters. The quantitative estimate of drug-likeness (QED) is 0.809. The van der Waals surface area contributed by atoms with Crippen molar-refractivity contribution in [2.24, 2.45) is 0 Å². The van der Waals surface area contributed by atoms with Gasteiger partial charge in [-0.2, -0.15) is 0 Å². The number of ether oxygens (including phenoxy) is 1. The molecule has 0 spiro atoms. The van der Waals surface area contributed by atoms with Gasteiger partial charge in [-0.1, -0.05) is 42.5 Å². The molecule has 1 fully saturated rings. The lowest BCUT2D eigenvalue weighted by molar-refractivity contribution is -0.117. The van der Waals surface area contributed by atoms with Crippen molar-refractivity contribution < 1.29 is 9.53 Å². The van der Waals surface area contributed by atoms with Gasteiger partial charge in [-0.15, -0.1) is 0 Å². The Kier molecular flexibility index (Phi) is 6.30. The van der Waals surface area contributed by atoms with Crippen LogP contribution in [0, 0.1) is 0 Å². The lowest BCUT2D eigenvalue weighted by Gasteiger charge is -2.37. The van der Waals surface area contributed by atoms with Gasteiger partial charge in [0.05, 0.1) is 18.2 Å². The Morgan fingerprint density at radius 2 is 1.81 bits per heavy atom. The van der Waals surface area contributed by atoms with E-state index < -0.39 is 0 Å². The molecule has 3 rings (SSSR count). The molecule has 1 N–H and O–H groups in total. The van der Waals surface area contributed by atoms with Gasteiger partial charge in [0, 0.05) is 24.9 Å². The second-order valence-corrected chi connectivity index (χ2v) is 7.23. The smallest absolute Gasteiger partial charge is 0.244 e. The van der Waals surface area contributed by atoms with E-state index in [1.54, 1.807) is 6.08 Å². The third-order valence-corrected chi connectivity index (χ3v) is 4.74. The number of nitrogens with one attached hydrogen (secondary N) is 1. The molecular formula is C23H28N2O2. The minimum absolute atomic E-state index is 0.0613. The molecule has 4 heteroatoms. The van der Waals surface area contributed by atoms with Crippen molar-refractivity contribution in [1.29, 1.82) is 0 Å². The SMILES string of the molecule is CC1CN(c2cccc(C(C)NC(=O)/C=C/c3ccccc3)c2)CC(C)O1. The molecule has 0 bridgehead atoms. The van der Waals surface area contributed by atoms with E-state index in [2.05, 4.69) is 48.3 Å². The Hall–Kier alpha value is -2.59. The first-order valence-electron chi connectivity index (χ1n) is 9.55. The van der Waals surface area contributed by atoms with Gasteiger partial charge in [0.1, 0.15) is 0 Å². The van der Waals surface area contributed by atoms with Crippen LogP contribution in [-0.2, 0) is 9.53 Å². The molecule has 142 valence electrons. The number of hydrogen-bond donors (Lipinski definition) is 1. The molecule has 0 radical (unpaired) electrons. The molecule has 27 heavy (non-hydrogen) atoms. The number of anilines is 1. The van der Waals surface area contributed by atoms with Crippen LogP contribution in [0.2, 0.25) is 0 Å². The van der Waals surface area contributed by atoms with Crippen LogP contribution in [0.5, 0.6) is 0 Å². The standard InChI is InChI=1S/C23H28N2O2/c1-17-15-25(16-18(2)27-17)22-11-7-10-21(14-22)19(3)24-23(26)13-12-20-8-5-4-6-9-20/h4-14,17-19H,15-16H2,1-3H3,(H,24,26)/b13-12+. The first-order valence-corrected chi connectivity index (χ1v) is 9.55. The number of rotatable bonds is 5. The van der Waals surface area contributed by atoms with E-state index in [-0.39, 0.29) is 24.2 Å². The summed E-state index contributed by atoms with van der Waals surface area (Å²) in [7, 11) is 0. The number of carbonyl (C=O) groups excluding carboxylic acids is 1. The van der Waals surface area contributed by atoms with Crippen molar-refractivity contribution in [3.05, 3.63) is 71.8 Å². The van der Waals surface area contributed by atoms with Crippen molar-refractivity contribution in [1.82, 2.24) is 5.32 Å². The average molecular weight is 364 g/mol. The summed E-state index contributed by atoms with van der Waals surface area (Å²) < 4.78 is 5.83. The van der Waals surface area contributed by atoms with E-state index in [0.29, 0.717) is 0 Å². The Balaban J connectivity index is 1.64. The van der Waals surface area contributed by atoms with Crippen LogP contribution in [0.3, 0.4) is 0 Å². The van der Waals surface area contributed by atoms with Crippen LogP contribution in [0.15, 0.2) is 60.7 Å². The van der Waals surface area contributed by atoms with Gasteiger partial charge in [-0.05, 0) is 50.1 Å². The van der Waals surface area contributed by atoms with Crippen LogP contribution >= 0.6 is 0 Å². The third-order valence-electron chi connectivity index (χ3n) is 4.74. The molecule has 1 amide bonds. The molecule has 0 aromatic heterocycles. The topological polar surface area (TPSA) is 41.6 Å². The number of nitrogens with zero attached hydrogens (tertiary/aromatic N) is 1. The van der Waals surface area contributed by atoms with Crippen LogP contribution < -0.4 is 10.2 Å². The third kappa shape index (κ3) is 5.44. The van der Waals surface area contributed by atoms with Gasteiger partial charge < -0.3 is 15.0 Å². The van der Waals surface area contributed by atoms with Gasteiger partial charge in [0.25, 0.3) is 0 Å². The molecule has 0 saturated carbocycles. The predicted molar refractivity (Wildman–Crippen MR) is 111 cm³/mol. The van der Waals surface area contributed by atoms with E-state index in [0.717, 1.165) is 24.2 Å². The van der Waals surface area contributed by atoms with E-state index in [4.69, 9.17) is 4.74 Å². The van der Waals surface area contributed by atoms with Gasteiger partial charge in [-0.25, -0.2) is 0 Å². The maximum Gasteiger partial charge on any atom is 0.244 e. The minimum Gasteiger partial charge on any atom is -0.372 e. The molecule has 2 aromatic rings. The van der Waals surface area contributed by atoms with Crippen molar-refractivity contribution in [2.75, 3.05) is 18.0 Å². The first-order chi connectivity index (χ1) is 13.0. The van der Waals surface area contributed by atoms with Crippen molar-refractivity contribution in [3.63, 3.8) is 0 Å². The number of benzene rings is 2. The maximum absolute atomic E-state index is 12.2. The van der Waals surface area contributed by atoms with Crippen LogP contribution in [0.4, 0.5) is 5.69 Å². The predicted octanol–water partition coefficient (Wildman–Crippen LogP) is 4.19. The van der Waals surface area contributed by atoms with Gasteiger partial charge in [-0.3, -0.25) is 4.79 Å². The van der Waals surface area contributed by atoms with E-state index in [1.807, 2.05) is 43.3 Å². The highest BCUT2D eigenvalue weighted by molar-refractivity contribution is 5.91. The summed E-state index contributed by atoms with van der Waals surface area (Å²) in [5, 5.41) is 3.05. The average Bonchev–Trinajstić information content (AvgIpc) is 2.66. The summed E-state index contributed by atoms with van der Waals surface area (Å²) >= 11 is 0. The summed E-state index contributed by atoms with van der Waals surface area (Å²) in [5.74, 6) is -0.0922. The van der Waals surface area contributed by atoms with Gasteiger partial charge >= 0.3 is 0 Å². The fraction of sp³-hybridized carbons (Fsp3) is 0.348. The largest absolute Gasteiger partial charge is 0.372 e. The first kappa shape index (κ1) is 19.2. The Bertz CT molecular complexity index is 778. The highest BCUT2D eigenvalue weighted by Crippen LogP contribution is 2.24. The summed E-state index contributed by atoms with van der Waals surface area (Å²) in [6, 6.07) is 18.2. The summed E-state index contributed by atoms with van der Waals surface area (Å²) in [6.07, 6.45) is 3.85. The summed E-state index contributed by atoms with van der Waals surface area (Å²) in [5.41, 5.74) is 3.29.